The molecule has 2 aliphatic rings. The molecule has 0 spiro atoms. The minimum absolute atomic E-state index is 0.0391. The molecule has 1 aromatic rings. The molecular formula is C17H28N6O3. The van der Waals surface area contributed by atoms with Crippen LogP contribution in [0.2, 0.25) is 0 Å². The van der Waals surface area contributed by atoms with Gasteiger partial charge in [-0.2, -0.15) is 9.97 Å². The Labute approximate surface area is 153 Å². The lowest BCUT2D eigenvalue weighted by Gasteiger charge is -2.37. The number of nitro groups is 1. The summed E-state index contributed by atoms with van der Waals surface area (Å²) >= 11 is 0. The van der Waals surface area contributed by atoms with E-state index in [0.717, 1.165) is 19.5 Å². The first-order valence-electron chi connectivity index (χ1n) is 9.21. The van der Waals surface area contributed by atoms with Gasteiger partial charge in [-0.25, -0.2) is 0 Å². The molecule has 2 aliphatic heterocycles. The van der Waals surface area contributed by atoms with E-state index in [1.54, 1.807) is 0 Å². The predicted molar refractivity (Wildman–Crippen MR) is 100 cm³/mol. The molecule has 0 radical (unpaired) electrons. The third-order valence-corrected chi connectivity index (χ3v) is 4.93. The van der Waals surface area contributed by atoms with Crippen LogP contribution in [0.3, 0.4) is 0 Å². The van der Waals surface area contributed by atoms with Gasteiger partial charge < -0.3 is 20.3 Å². The fourth-order valence-corrected chi connectivity index (χ4v) is 4.16. The molecule has 0 aliphatic carbocycles. The van der Waals surface area contributed by atoms with E-state index in [1.165, 1.54) is 0 Å². The summed E-state index contributed by atoms with van der Waals surface area (Å²) < 4.78 is 5.76. The molecule has 3 heterocycles. The van der Waals surface area contributed by atoms with Crippen molar-refractivity contribution in [2.24, 2.45) is 11.8 Å². The van der Waals surface area contributed by atoms with Crippen molar-refractivity contribution in [3.05, 3.63) is 10.1 Å². The summed E-state index contributed by atoms with van der Waals surface area (Å²) in [6, 6.07) is 0. The Morgan fingerprint density at radius 2 is 1.62 bits per heavy atom. The van der Waals surface area contributed by atoms with Crippen LogP contribution in [0.4, 0.5) is 23.3 Å². The Balaban J connectivity index is 2.01. The molecule has 0 unspecified atom stereocenters. The van der Waals surface area contributed by atoms with E-state index in [4.69, 9.17) is 10.5 Å². The number of morpholine rings is 1. The van der Waals surface area contributed by atoms with E-state index < -0.39 is 4.92 Å². The normalized spacial score (nSPS) is 29.7. The summed E-state index contributed by atoms with van der Waals surface area (Å²) in [5.41, 5.74) is 5.81. The molecule has 2 saturated heterocycles. The lowest BCUT2D eigenvalue weighted by molar-refractivity contribution is -0.383. The molecule has 2 N–H and O–H groups in total. The standard InChI is InChI=1S/C17H28N6O3/c1-10-5-11(2)7-21(6-10)16-14(23(24)25)15(18)19-17(20-16)22-8-12(3)26-13(4)9-22/h10-13H,5-9H2,1-4H3,(H2,18,19,20)/t10-,11-,12+,13+/m0/s1. The topological polar surface area (TPSA) is 111 Å². The Morgan fingerprint density at radius 3 is 2.15 bits per heavy atom. The third kappa shape index (κ3) is 3.82. The molecule has 9 heteroatoms. The quantitative estimate of drug-likeness (QED) is 0.641. The van der Waals surface area contributed by atoms with Gasteiger partial charge in [0.15, 0.2) is 0 Å². The summed E-state index contributed by atoms with van der Waals surface area (Å²) in [5.74, 6) is 1.59. The van der Waals surface area contributed by atoms with E-state index >= 15 is 0 Å². The average molecular weight is 364 g/mol. The molecule has 144 valence electrons. The fourth-order valence-electron chi connectivity index (χ4n) is 4.16. The molecule has 1 aromatic heterocycles. The highest BCUT2D eigenvalue weighted by molar-refractivity contribution is 5.71. The highest BCUT2D eigenvalue weighted by Gasteiger charge is 2.33. The largest absolute Gasteiger partial charge is 0.378 e. The minimum atomic E-state index is -0.469. The van der Waals surface area contributed by atoms with Crippen LogP contribution in [-0.2, 0) is 4.74 Å². The third-order valence-electron chi connectivity index (χ3n) is 4.93. The smallest absolute Gasteiger partial charge is 0.353 e. The molecular weight excluding hydrogens is 336 g/mol. The van der Waals surface area contributed by atoms with Gasteiger partial charge in [-0.15, -0.1) is 0 Å². The Morgan fingerprint density at radius 1 is 1.04 bits per heavy atom. The van der Waals surface area contributed by atoms with Gasteiger partial charge in [0.05, 0.1) is 17.1 Å². The van der Waals surface area contributed by atoms with Crippen molar-refractivity contribution in [1.82, 2.24) is 9.97 Å². The number of rotatable bonds is 3. The highest BCUT2D eigenvalue weighted by Crippen LogP contribution is 2.36. The van der Waals surface area contributed by atoms with Crippen molar-refractivity contribution in [3.8, 4) is 0 Å². The zero-order valence-electron chi connectivity index (χ0n) is 15.9. The van der Waals surface area contributed by atoms with Crippen molar-refractivity contribution < 1.29 is 9.66 Å². The first-order valence-corrected chi connectivity index (χ1v) is 9.21. The first kappa shape index (κ1) is 18.6. The van der Waals surface area contributed by atoms with Crippen molar-refractivity contribution in [1.29, 1.82) is 0 Å². The Hall–Kier alpha value is -2.16. The Kier molecular flexibility index (Phi) is 5.17. The second-order valence-electron chi connectivity index (χ2n) is 7.85. The number of anilines is 3. The molecule has 0 amide bonds. The lowest BCUT2D eigenvalue weighted by Crippen LogP contribution is -2.46. The van der Waals surface area contributed by atoms with E-state index in [0.29, 0.717) is 36.7 Å². The number of hydrogen-bond acceptors (Lipinski definition) is 8. The van der Waals surface area contributed by atoms with Gasteiger partial charge in [0.2, 0.25) is 17.6 Å². The summed E-state index contributed by atoms with van der Waals surface area (Å²) in [6.07, 6.45) is 1.19. The van der Waals surface area contributed by atoms with Crippen LogP contribution in [0.5, 0.6) is 0 Å². The lowest BCUT2D eigenvalue weighted by atomic mass is 9.92. The van der Waals surface area contributed by atoms with E-state index in [1.807, 2.05) is 23.6 Å². The molecule has 0 bridgehead atoms. The summed E-state index contributed by atoms with van der Waals surface area (Å²) in [5, 5.41) is 11.6. The van der Waals surface area contributed by atoms with Gasteiger partial charge in [0.1, 0.15) is 0 Å². The number of ether oxygens (including phenoxy) is 1. The monoisotopic (exact) mass is 364 g/mol. The number of hydrogen-bond donors (Lipinski definition) is 1. The number of nitrogens with two attached hydrogens (primary N) is 1. The van der Waals surface area contributed by atoms with Crippen LogP contribution in [0, 0.1) is 22.0 Å². The number of aromatic nitrogens is 2. The van der Waals surface area contributed by atoms with Gasteiger partial charge in [-0.05, 0) is 32.1 Å². The van der Waals surface area contributed by atoms with E-state index in [9.17, 15) is 10.1 Å². The second kappa shape index (κ2) is 7.22. The molecule has 2 fully saturated rings. The molecule has 9 nitrogen and oxygen atoms in total. The number of nitrogen functional groups attached to an aromatic ring is 1. The van der Waals surface area contributed by atoms with Crippen molar-refractivity contribution >= 4 is 23.3 Å². The zero-order valence-corrected chi connectivity index (χ0v) is 15.9. The summed E-state index contributed by atoms with van der Waals surface area (Å²) in [4.78, 5) is 24.0. The average Bonchev–Trinajstić information content (AvgIpc) is 2.51. The molecule has 0 aromatic carbocycles. The van der Waals surface area contributed by atoms with Crippen LogP contribution in [0.15, 0.2) is 0 Å². The van der Waals surface area contributed by atoms with Gasteiger partial charge in [-0.1, -0.05) is 13.8 Å². The van der Waals surface area contributed by atoms with Crippen molar-refractivity contribution in [3.63, 3.8) is 0 Å². The first-order chi connectivity index (χ1) is 12.2. The van der Waals surface area contributed by atoms with Crippen LogP contribution >= 0.6 is 0 Å². The summed E-state index contributed by atoms with van der Waals surface area (Å²) in [7, 11) is 0. The van der Waals surface area contributed by atoms with Crippen LogP contribution in [0.25, 0.3) is 0 Å². The highest BCUT2D eigenvalue weighted by atomic mass is 16.6. The van der Waals surface area contributed by atoms with Crippen LogP contribution in [-0.4, -0.2) is 53.3 Å². The number of nitrogens with zero attached hydrogens (tertiary/aromatic N) is 5. The number of piperidine rings is 1. The van der Waals surface area contributed by atoms with Gasteiger partial charge in [0, 0.05) is 26.2 Å². The van der Waals surface area contributed by atoms with Crippen molar-refractivity contribution in [2.75, 3.05) is 41.7 Å². The fraction of sp³-hybridized carbons (Fsp3) is 0.765. The summed E-state index contributed by atoms with van der Waals surface area (Å²) in [6.45, 7) is 11.0. The maximum Gasteiger partial charge on any atom is 0.353 e. The van der Waals surface area contributed by atoms with E-state index in [-0.39, 0.29) is 23.7 Å². The molecule has 0 saturated carbocycles. The maximum atomic E-state index is 11.6. The Bertz CT molecular complexity index is 665. The predicted octanol–water partition coefficient (Wildman–Crippen LogP) is 2.06. The second-order valence-corrected chi connectivity index (χ2v) is 7.85. The maximum absolute atomic E-state index is 11.6. The van der Waals surface area contributed by atoms with Gasteiger partial charge in [-0.3, -0.25) is 10.1 Å². The van der Waals surface area contributed by atoms with Crippen molar-refractivity contribution in [2.45, 2.75) is 46.3 Å². The van der Waals surface area contributed by atoms with Crippen LogP contribution < -0.4 is 15.5 Å². The molecule has 3 rings (SSSR count). The molecule has 26 heavy (non-hydrogen) atoms. The van der Waals surface area contributed by atoms with E-state index in [2.05, 4.69) is 23.8 Å². The minimum Gasteiger partial charge on any atom is -0.378 e. The SMILES string of the molecule is C[C@H]1C[C@H](C)CN(c2nc(N3C[C@@H](C)O[C@H](C)C3)nc(N)c2[N+](=O)[O-])C1. The van der Waals surface area contributed by atoms with Crippen LogP contribution in [0.1, 0.15) is 34.1 Å². The molecule has 4 atom stereocenters. The van der Waals surface area contributed by atoms with Gasteiger partial charge >= 0.3 is 5.69 Å². The zero-order chi connectivity index (χ0) is 19.0. The van der Waals surface area contributed by atoms with Gasteiger partial charge in [0.25, 0.3) is 0 Å².